The quantitative estimate of drug-likeness (QED) is 0.473. The van der Waals surface area contributed by atoms with Gasteiger partial charge in [-0.2, -0.15) is 0 Å². The number of rotatable bonds is 7. The van der Waals surface area contributed by atoms with Gasteiger partial charge in [-0.1, -0.05) is 18.2 Å². The van der Waals surface area contributed by atoms with Crippen molar-refractivity contribution in [2.75, 3.05) is 21.3 Å². The van der Waals surface area contributed by atoms with Gasteiger partial charge in [0.15, 0.2) is 11.5 Å². The van der Waals surface area contributed by atoms with Crippen molar-refractivity contribution in [2.24, 2.45) is 0 Å². The third kappa shape index (κ3) is 4.18. The van der Waals surface area contributed by atoms with Crippen LogP contribution in [0.15, 0.2) is 67.0 Å². The van der Waals surface area contributed by atoms with E-state index in [-0.39, 0.29) is 12.5 Å². The van der Waals surface area contributed by atoms with Crippen LogP contribution in [0.5, 0.6) is 17.2 Å². The first-order valence-electron chi connectivity index (χ1n) is 10.0. The molecule has 1 N–H and O–H groups in total. The summed E-state index contributed by atoms with van der Waals surface area (Å²) in [5, 5.41) is 3.77. The zero-order chi connectivity index (χ0) is 22.5. The lowest BCUT2D eigenvalue weighted by atomic mass is 10.0. The number of carbonyl (C=O) groups excluding carboxylic acids is 1. The standard InChI is InChI=1S/C25H23N3O4/c1-30-22-14-24(32-3)23(31-2)12-17(22)15-27-25(29)19-13-21(16-8-10-26-11-9-16)28-20-7-5-4-6-18(19)20/h4-14H,15H2,1-3H3,(H,27,29). The topological polar surface area (TPSA) is 82.6 Å². The van der Waals surface area contributed by atoms with Crippen LogP contribution < -0.4 is 19.5 Å². The maximum atomic E-state index is 13.2. The molecule has 162 valence electrons. The van der Waals surface area contributed by atoms with Crippen molar-refractivity contribution in [2.45, 2.75) is 6.54 Å². The first kappa shape index (κ1) is 21.1. The molecule has 4 aromatic rings. The van der Waals surface area contributed by atoms with Gasteiger partial charge in [0.05, 0.1) is 38.1 Å². The zero-order valence-electron chi connectivity index (χ0n) is 18.1. The second-order valence-corrected chi connectivity index (χ2v) is 7.01. The number of hydrogen-bond donors (Lipinski definition) is 1. The van der Waals surface area contributed by atoms with Crippen molar-refractivity contribution >= 4 is 16.8 Å². The number of carbonyl (C=O) groups is 1. The van der Waals surface area contributed by atoms with Crippen LogP contribution in [0.2, 0.25) is 0 Å². The van der Waals surface area contributed by atoms with Gasteiger partial charge in [-0.15, -0.1) is 0 Å². The third-order valence-electron chi connectivity index (χ3n) is 5.16. The Kier molecular flexibility index (Phi) is 6.17. The van der Waals surface area contributed by atoms with E-state index in [1.807, 2.05) is 36.4 Å². The van der Waals surface area contributed by atoms with Gasteiger partial charge in [0.2, 0.25) is 0 Å². The maximum absolute atomic E-state index is 13.2. The summed E-state index contributed by atoms with van der Waals surface area (Å²) in [6.07, 6.45) is 3.41. The van der Waals surface area contributed by atoms with E-state index in [0.717, 1.165) is 22.0 Å². The molecule has 0 aliphatic heterocycles. The van der Waals surface area contributed by atoms with Crippen LogP contribution >= 0.6 is 0 Å². The van der Waals surface area contributed by atoms with E-state index in [1.54, 1.807) is 51.9 Å². The summed E-state index contributed by atoms with van der Waals surface area (Å²) in [4.78, 5) is 22.0. The molecule has 2 heterocycles. The summed E-state index contributed by atoms with van der Waals surface area (Å²) in [6.45, 7) is 0.254. The van der Waals surface area contributed by atoms with Crippen molar-refractivity contribution in [3.8, 4) is 28.5 Å². The number of fused-ring (bicyclic) bond motifs is 1. The SMILES string of the molecule is COc1cc(OC)c(OC)cc1CNC(=O)c1cc(-c2ccncc2)nc2ccccc12. The van der Waals surface area contributed by atoms with Crippen molar-refractivity contribution in [3.05, 3.63) is 78.1 Å². The van der Waals surface area contributed by atoms with E-state index >= 15 is 0 Å². The first-order valence-corrected chi connectivity index (χ1v) is 10.0. The Labute approximate surface area is 186 Å². The van der Waals surface area contributed by atoms with Gasteiger partial charge in [-0.3, -0.25) is 9.78 Å². The fraction of sp³-hybridized carbons (Fsp3) is 0.160. The van der Waals surface area contributed by atoms with Gasteiger partial charge in [0.1, 0.15) is 5.75 Å². The predicted octanol–water partition coefficient (Wildman–Crippen LogP) is 4.25. The van der Waals surface area contributed by atoms with Crippen LogP contribution in [-0.2, 0) is 6.54 Å². The van der Waals surface area contributed by atoms with Gasteiger partial charge in [0, 0.05) is 41.5 Å². The molecule has 0 unspecified atom stereocenters. The Morgan fingerprint density at radius 2 is 1.56 bits per heavy atom. The molecule has 0 aliphatic carbocycles. The molecule has 0 fully saturated rings. The molecule has 2 aromatic heterocycles. The number of amides is 1. The molecule has 7 heteroatoms. The first-order chi connectivity index (χ1) is 15.6. The van der Waals surface area contributed by atoms with Crippen molar-refractivity contribution in [1.29, 1.82) is 0 Å². The molecule has 1 amide bonds. The molecule has 0 spiro atoms. The van der Waals surface area contributed by atoms with Crippen molar-refractivity contribution in [1.82, 2.24) is 15.3 Å². The van der Waals surface area contributed by atoms with Crippen LogP contribution in [0, 0.1) is 0 Å². The predicted molar refractivity (Wildman–Crippen MR) is 122 cm³/mol. The minimum atomic E-state index is -0.212. The van der Waals surface area contributed by atoms with Gasteiger partial charge < -0.3 is 19.5 Å². The molecule has 0 saturated carbocycles. The largest absolute Gasteiger partial charge is 0.496 e. The van der Waals surface area contributed by atoms with E-state index in [1.165, 1.54) is 0 Å². The molecule has 4 rings (SSSR count). The lowest BCUT2D eigenvalue weighted by Crippen LogP contribution is -2.23. The summed E-state index contributed by atoms with van der Waals surface area (Å²) in [5.41, 5.74) is 3.66. The fourth-order valence-electron chi connectivity index (χ4n) is 3.54. The maximum Gasteiger partial charge on any atom is 0.252 e. The smallest absolute Gasteiger partial charge is 0.252 e. The number of aromatic nitrogens is 2. The van der Waals surface area contributed by atoms with Gasteiger partial charge in [-0.05, 0) is 30.3 Å². The molecule has 0 saturated heterocycles. The number of nitrogens with zero attached hydrogens (tertiary/aromatic N) is 2. The highest BCUT2D eigenvalue weighted by atomic mass is 16.5. The average molecular weight is 429 g/mol. The number of hydrogen-bond acceptors (Lipinski definition) is 6. The molecule has 2 aromatic carbocycles. The number of para-hydroxylation sites is 1. The van der Waals surface area contributed by atoms with Crippen molar-refractivity contribution in [3.63, 3.8) is 0 Å². The number of nitrogens with one attached hydrogen (secondary N) is 1. The number of benzene rings is 2. The summed E-state index contributed by atoms with van der Waals surface area (Å²) in [6, 6.07) is 16.7. The Hall–Kier alpha value is -4.13. The lowest BCUT2D eigenvalue weighted by Gasteiger charge is -2.15. The van der Waals surface area contributed by atoms with E-state index < -0.39 is 0 Å². The number of ether oxygens (including phenoxy) is 3. The monoisotopic (exact) mass is 429 g/mol. The summed E-state index contributed by atoms with van der Waals surface area (Å²) in [7, 11) is 4.70. The van der Waals surface area contributed by atoms with Gasteiger partial charge in [0.25, 0.3) is 5.91 Å². The summed E-state index contributed by atoms with van der Waals surface area (Å²) >= 11 is 0. The van der Waals surface area contributed by atoms with E-state index in [2.05, 4.69) is 10.3 Å². The highest BCUT2D eigenvalue weighted by Gasteiger charge is 2.16. The summed E-state index contributed by atoms with van der Waals surface area (Å²) < 4.78 is 16.2. The number of methoxy groups -OCH3 is 3. The second kappa shape index (κ2) is 9.34. The van der Waals surface area contributed by atoms with E-state index in [4.69, 9.17) is 19.2 Å². The van der Waals surface area contributed by atoms with Crippen molar-refractivity contribution < 1.29 is 19.0 Å². The third-order valence-corrected chi connectivity index (χ3v) is 5.16. The Morgan fingerprint density at radius 1 is 0.875 bits per heavy atom. The van der Waals surface area contributed by atoms with Crippen LogP contribution in [0.4, 0.5) is 0 Å². The molecule has 32 heavy (non-hydrogen) atoms. The minimum absolute atomic E-state index is 0.212. The normalized spacial score (nSPS) is 10.6. The van der Waals surface area contributed by atoms with Crippen LogP contribution in [-0.4, -0.2) is 37.2 Å². The fourth-order valence-corrected chi connectivity index (χ4v) is 3.54. The molecular weight excluding hydrogens is 406 g/mol. The highest BCUT2D eigenvalue weighted by Crippen LogP contribution is 2.34. The Bertz CT molecular complexity index is 1260. The zero-order valence-corrected chi connectivity index (χ0v) is 18.1. The van der Waals surface area contributed by atoms with Crippen LogP contribution in [0.1, 0.15) is 15.9 Å². The Balaban J connectivity index is 1.68. The molecule has 0 bridgehead atoms. The molecule has 0 aliphatic rings. The molecule has 0 atom stereocenters. The summed E-state index contributed by atoms with van der Waals surface area (Å²) in [5.74, 6) is 1.50. The Morgan fingerprint density at radius 3 is 2.28 bits per heavy atom. The molecular formula is C25H23N3O4. The highest BCUT2D eigenvalue weighted by molar-refractivity contribution is 6.07. The van der Waals surface area contributed by atoms with Gasteiger partial charge in [-0.25, -0.2) is 4.98 Å². The minimum Gasteiger partial charge on any atom is -0.496 e. The van der Waals surface area contributed by atoms with E-state index in [9.17, 15) is 4.79 Å². The number of pyridine rings is 2. The lowest BCUT2D eigenvalue weighted by molar-refractivity contribution is 0.0952. The average Bonchev–Trinajstić information content (AvgIpc) is 2.86. The second-order valence-electron chi connectivity index (χ2n) is 7.01. The van der Waals surface area contributed by atoms with E-state index in [0.29, 0.717) is 28.5 Å². The van der Waals surface area contributed by atoms with Gasteiger partial charge >= 0.3 is 0 Å². The molecule has 0 radical (unpaired) electrons. The van der Waals surface area contributed by atoms with Crippen LogP contribution in [0.3, 0.4) is 0 Å². The molecule has 7 nitrogen and oxygen atoms in total. The van der Waals surface area contributed by atoms with Crippen LogP contribution in [0.25, 0.3) is 22.2 Å².